The van der Waals surface area contributed by atoms with Crippen molar-refractivity contribution in [1.82, 2.24) is 0 Å². The van der Waals surface area contributed by atoms with Gasteiger partial charge < -0.3 is 4.74 Å². The van der Waals surface area contributed by atoms with Crippen molar-refractivity contribution >= 4 is 27.8 Å². The van der Waals surface area contributed by atoms with Crippen LogP contribution < -0.4 is 4.74 Å². The zero-order valence-corrected chi connectivity index (χ0v) is 12.1. The molecule has 0 atom stereocenters. The van der Waals surface area contributed by atoms with Crippen molar-refractivity contribution in [2.45, 2.75) is 0 Å². The van der Waals surface area contributed by atoms with Gasteiger partial charge in [-0.25, -0.2) is 0 Å². The maximum atomic E-state index is 12.0. The third-order valence-electron chi connectivity index (χ3n) is 2.65. The molecule has 96 valence electrons. The van der Waals surface area contributed by atoms with Crippen LogP contribution in [0, 0.1) is 0 Å². The average molecular weight is 317 g/mol. The molecule has 0 unspecified atom stereocenters. The van der Waals surface area contributed by atoms with Crippen molar-refractivity contribution in [2.75, 3.05) is 7.11 Å². The van der Waals surface area contributed by atoms with Gasteiger partial charge in [-0.2, -0.15) is 0 Å². The van der Waals surface area contributed by atoms with Gasteiger partial charge >= 0.3 is 0 Å². The fourth-order valence-corrected chi connectivity index (χ4v) is 1.88. The Morgan fingerprint density at radius 3 is 2.58 bits per heavy atom. The second-order valence-corrected chi connectivity index (χ2v) is 4.90. The first-order valence-corrected chi connectivity index (χ1v) is 6.60. The van der Waals surface area contributed by atoms with Crippen LogP contribution in [0.25, 0.3) is 6.08 Å². The van der Waals surface area contributed by atoms with Crippen LogP contribution in [0.1, 0.15) is 15.9 Å². The summed E-state index contributed by atoms with van der Waals surface area (Å²) in [5, 5.41) is 0. The van der Waals surface area contributed by atoms with Gasteiger partial charge in [0.05, 0.1) is 7.11 Å². The van der Waals surface area contributed by atoms with Crippen molar-refractivity contribution in [3.05, 3.63) is 70.2 Å². The fourth-order valence-electron chi connectivity index (χ4n) is 1.62. The van der Waals surface area contributed by atoms with Gasteiger partial charge in [0.15, 0.2) is 5.78 Å². The molecule has 0 aliphatic carbocycles. The molecule has 0 aromatic heterocycles. The lowest BCUT2D eigenvalue weighted by Gasteiger charge is -2.01. The molecule has 0 aliphatic heterocycles. The van der Waals surface area contributed by atoms with E-state index in [-0.39, 0.29) is 5.78 Å². The Balaban J connectivity index is 2.13. The maximum Gasteiger partial charge on any atom is 0.185 e. The summed E-state index contributed by atoms with van der Waals surface area (Å²) >= 11 is 3.37. The summed E-state index contributed by atoms with van der Waals surface area (Å²) in [7, 11) is 1.58. The number of benzene rings is 2. The van der Waals surface area contributed by atoms with Crippen LogP contribution in [0.15, 0.2) is 59.1 Å². The molecule has 2 rings (SSSR count). The minimum atomic E-state index is -0.0400. The van der Waals surface area contributed by atoms with E-state index >= 15 is 0 Å². The Kier molecular flexibility index (Phi) is 4.53. The molecule has 0 N–H and O–H groups in total. The standard InChI is InChI=1S/C16H13BrO2/c1-19-15-4-2-3-13(11-15)16(18)10-7-12-5-8-14(17)9-6-12/h2-11H,1H3/b10-7-. The lowest BCUT2D eigenvalue weighted by atomic mass is 10.1. The predicted molar refractivity (Wildman–Crippen MR) is 80.5 cm³/mol. The Morgan fingerprint density at radius 1 is 1.16 bits per heavy atom. The molecular formula is C16H13BrO2. The van der Waals surface area contributed by atoms with Gasteiger partial charge in [-0.1, -0.05) is 46.3 Å². The van der Waals surface area contributed by atoms with E-state index in [0.29, 0.717) is 11.3 Å². The van der Waals surface area contributed by atoms with E-state index in [1.165, 1.54) is 0 Å². The Hall–Kier alpha value is -1.87. The van der Waals surface area contributed by atoms with E-state index in [0.717, 1.165) is 10.0 Å². The van der Waals surface area contributed by atoms with Gasteiger partial charge in [-0.15, -0.1) is 0 Å². The summed E-state index contributed by atoms with van der Waals surface area (Å²) in [6.45, 7) is 0. The fraction of sp³-hybridized carbons (Fsp3) is 0.0625. The quantitative estimate of drug-likeness (QED) is 0.619. The van der Waals surface area contributed by atoms with E-state index < -0.39 is 0 Å². The van der Waals surface area contributed by atoms with Crippen molar-refractivity contribution in [2.24, 2.45) is 0 Å². The van der Waals surface area contributed by atoms with Gasteiger partial charge in [0, 0.05) is 10.0 Å². The lowest BCUT2D eigenvalue weighted by Crippen LogP contribution is -1.94. The topological polar surface area (TPSA) is 26.3 Å². The highest BCUT2D eigenvalue weighted by Gasteiger charge is 2.02. The number of carbonyl (C=O) groups excluding carboxylic acids is 1. The van der Waals surface area contributed by atoms with Crippen LogP contribution in [-0.2, 0) is 0 Å². The molecule has 0 radical (unpaired) electrons. The molecule has 2 aromatic carbocycles. The summed E-state index contributed by atoms with van der Waals surface area (Å²) in [6, 6.07) is 14.9. The van der Waals surface area contributed by atoms with Crippen LogP contribution in [0.2, 0.25) is 0 Å². The minimum absolute atomic E-state index is 0.0400. The number of hydrogen-bond acceptors (Lipinski definition) is 2. The van der Waals surface area contributed by atoms with Crippen molar-refractivity contribution in [3.63, 3.8) is 0 Å². The number of rotatable bonds is 4. The summed E-state index contributed by atoms with van der Waals surface area (Å²) in [5.41, 5.74) is 1.60. The monoisotopic (exact) mass is 316 g/mol. The lowest BCUT2D eigenvalue weighted by molar-refractivity contribution is 0.104. The molecule has 2 aromatic rings. The predicted octanol–water partition coefficient (Wildman–Crippen LogP) is 4.35. The van der Waals surface area contributed by atoms with Gasteiger partial charge in [0.2, 0.25) is 0 Å². The van der Waals surface area contributed by atoms with Crippen LogP contribution in [-0.4, -0.2) is 12.9 Å². The van der Waals surface area contributed by atoms with Gasteiger partial charge in [0.1, 0.15) is 5.75 Å². The molecule has 0 heterocycles. The minimum Gasteiger partial charge on any atom is -0.497 e. The Bertz CT molecular complexity index is 600. The van der Waals surface area contributed by atoms with E-state index in [4.69, 9.17) is 4.74 Å². The number of ether oxygens (including phenoxy) is 1. The zero-order chi connectivity index (χ0) is 13.7. The van der Waals surface area contributed by atoms with Crippen molar-refractivity contribution in [3.8, 4) is 5.75 Å². The molecular weight excluding hydrogens is 304 g/mol. The third-order valence-corrected chi connectivity index (χ3v) is 3.18. The third kappa shape index (κ3) is 3.80. The first-order valence-electron chi connectivity index (χ1n) is 5.81. The summed E-state index contributed by atoms with van der Waals surface area (Å²) in [4.78, 5) is 12.0. The SMILES string of the molecule is COc1cccc(C(=O)/C=C\c2ccc(Br)cc2)c1. The second-order valence-electron chi connectivity index (χ2n) is 3.98. The van der Waals surface area contributed by atoms with E-state index in [2.05, 4.69) is 15.9 Å². The van der Waals surface area contributed by atoms with Crippen molar-refractivity contribution < 1.29 is 9.53 Å². The first-order chi connectivity index (χ1) is 9.19. The Labute approximate surface area is 120 Å². The first kappa shape index (κ1) is 13.6. The van der Waals surface area contributed by atoms with E-state index in [9.17, 15) is 4.79 Å². The van der Waals surface area contributed by atoms with Crippen LogP contribution in [0.4, 0.5) is 0 Å². The molecule has 3 heteroatoms. The highest BCUT2D eigenvalue weighted by atomic mass is 79.9. The largest absolute Gasteiger partial charge is 0.497 e. The highest BCUT2D eigenvalue weighted by Crippen LogP contribution is 2.15. The number of halogens is 1. The molecule has 0 amide bonds. The zero-order valence-electron chi connectivity index (χ0n) is 10.5. The number of ketones is 1. The molecule has 0 saturated carbocycles. The summed E-state index contributed by atoms with van der Waals surface area (Å²) in [6.07, 6.45) is 3.37. The van der Waals surface area contributed by atoms with E-state index in [1.807, 2.05) is 30.3 Å². The maximum absolute atomic E-state index is 12.0. The van der Waals surface area contributed by atoms with Crippen molar-refractivity contribution in [1.29, 1.82) is 0 Å². The molecule has 0 saturated heterocycles. The van der Waals surface area contributed by atoms with Crippen LogP contribution in [0.3, 0.4) is 0 Å². The number of methoxy groups -OCH3 is 1. The number of hydrogen-bond donors (Lipinski definition) is 0. The van der Waals surface area contributed by atoms with Crippen LogP contribution in [0.5, 0.6) is 5.75 Å². The number of allylic oxidation sites excluding steroid dienone is 1. The smallest absolute Gasteiger partial charge is 0.185 e. The number of carbonyl (C=O) groups is 1. The molecule has 0 spiro atoms. The molecule has 2 nitrogen and oxygen atoms in total. The summed E-state index contributed by atoms with van der Waals surface area (Å²) in [5.74, 6) is 0.643. The average Bonchev–Trinajstić information content (AvgIpc) is 2.46. The molecule has 0 aliphatic rings. The Morgan fingerprint density at radius 2 is 1.89 bits per heavy atom. The van der Waals surface area contributed by atoms with Gasteiger partial charge in [-0.3, -0.25) is 4.79 Å². The second kappa shape index (κ2) is 6.34. The van der Waals surface area contributed by atoms with E-state index in [1.54, 1.807) is 37.5 Å². The van der Waals surface area contributed by atoms with Crippen LogP contribution >= 0.6 is 15.9 Å². The molecule has 19 heavy (non-hydrogen) atoms. The summed E-state index contributed by atoms with van der Waals surface area (Å²) < 4.78 is 6.12. The highest BCUT2D eigenvalue weighted by molar-refractivity contribution is 9.10. The molecule has 0 fully saturated rings. The molecule has 0 bridgehead atoms. The van der Waals surface area contributed by atoms with Gasteiger partial charge in [0.25, 0.3) is 0 Å². The normalized spacial score (nSPS) is 10.6. The van der Waals surface area contributed by atoms with Gasteiger partial charge in [-0.05, 0) is 35.9 Å².